The van der Waals surface area contributed by atoms with Gasteiger partial charge in [0.2, 0.25) is 5.91 Å². The van der Waals surface area contributed by atoms with Crippen molar-refractivity contribution in [1.29, 1.82) is 0 Å². The Balaban J connectivity index is 1.44. The lowest BCUT2D eigenvalue weighted by Gasteiger charge is -2.60. The quantitative estimate of drug-likeness (QED) is 0.651. The van der Waals surface area contributed by atoms with Gasteiger partial charge < -0.3 is 15.4 Å². The molecule has 3 atom stereocenters. The molecular weight excluding hydrogens is 436 g/mol. The lowest BCUT2D eigenvalue weighted by atomic mass is 9.47. The van der Waals surface area contributed by atoms with E-state index in [2.05, 4.69) is 26.6 Å². The van der Waals surface area contributed by atoms with Crippen LogP contribution in [-0.4, -0.2) is 29.4 Å². The maximum absolute atomic E-state index is 13.2. The van der Waals surface area contributed by atoms with Crippen molar-refractivity contribution in [3.8, 4) is 0 Å². The zero-order valence-electron chi connectivity index (χ0n) is 16.8. The highest BCUT2D eigenvalue weighted by atomic mass is 79.9. The fraction of sp³-hybridized carbons (Fsp3) is 0.591. The predicted molar refractivity (Wildman–Crippen MR) is 112 cm³/mol. The van der Waals surface area contributed by atoms with E-state index < -0.39 is 11.5 Å². The first-order valence-corrected chi connectivity index (χ1v) is 11.0. The Labute approximate surface area is 179 Å². The molecule has 2 N–H and O–H groups in total. The molecular formula is C22H27BrN2O4. The van der Waals surface area contributed by atoms with E-state index in [-0.39, 0.29) is 23.3 Å². The van der Waals surface area contributed by atoms with Gasteiger partial charge in [0.15, 0.2) is 6.10 Å². The van der Waals surface area contributed by atoms with E-state index in [0.29, 0.717) is 23.9 Å². The van der Waals surface area contributed by atoms with Crippen LogP contribution in [-0.2, 0) is 19.1 Å². The van der Waals surface area contributed by atoms with Crippen molar-refractivity contribution in [3.05, 3.63) is 28.7 Å². The number of carbonyl (C=O) groups is 3. The van der Waals surface area contributed by atoms with Gasteiger partial charge >= 0.3 is 5.97 Å². The van der Waals surface area contributed by atoms with E-state index in [1.54, 1.807) is 19.1 Å². The van der Waals surface area contributed by atoms with Gasteiger partial charge in [0, 0.05) is 22.6 Å². The Kier molecular flexibility index (Phi) is 5.21. The summed E-state index contributed by atoms with van der Waals surface area (Å²) in [5.41, 5.74) is -0.225. The van der Waals surface area contributed by atoms with Crippen molar-refractivity contribution in [2.24, 2.45) is 17.3 Å². The van der Waals surface area contributed by atoms with Gasteiger partial charge in [-0.25, -0.2) is 0 Å². The average molecular weight is 463 g/mol. The number of ether oxygens (including phenoxy) is 1. The summed E-state index contributed by atoms with van der Waals surface area (Å²) in [5, 5.41) is 5.94. The standard InChI is InChI=1S/C22H27BrN2O4/c1-13(19(27)24-18-5-3-17(23)4-6-18)29-20(28)21-8-15-7-16(9-21)11-22(10-15,12-21)25-14(2)26/h3-6,13,15-16H,7-12H2,1-2H3,(H,24,27)(H,25,26). The molecule has 0 heterocycles. The molecule has 1 aromatic rings. The van der Waals surface area contributed by atoms with Crippen molar-refractivity contribution in [2.45, 2.75) is 64.0 Å². The van der Waals surface area contributed by atoms with Gasteiger partial charge in [-0.15, -0.1) is 0 Å². The summed E-state index contributed by atoms with van der Waals surface area (Å²) in [4.78, 5) is 37.5. The first kappa shape index (κ1) is 20.4. The van der Waals surface area contributed by atoms with E-state index in [9.17, 15) is 14.4 Å². The molecule has 0 saturated heterocycles. The Hall–Kier alpha value is -1.89. The summed E-state index contributed by atoms with van der Waals surface area (Å²) in [7, 11) is 0. The molecule has 4 aliphatic rings. The predicted octanol–water partition coefficient (Wildman–Crippen LogP) is 3.79. The molecule has 0 aliphatic heterocycles. The molecule has 0 aromatic heterocycles. The number of anilines is 1. The maximum atomic E-state index is 13.2. The van der Waals surface area contributed by atoms with Crippen molar-refractivity contribution in [1.82, 2.24) is 5.32 Å². The number of hydrogen-bond donors (Lipinski definition) is 2. The van der Waals surface area contributed by atoms with Gasteiger partial charge in [-0.1, -0.05) is 15.9 Å². The lowest BCUT2D eigenvalue weighted by Crippen LogP contribution is -2.65. The fourth-order valence-electron chi connectivity index (χ4n) is 6.14. The van der Waals surface area contributed by atoms with Gasteiger partial charge in [-0.3, -0.25) is 14.4 Å². The topological polar surface area (TPSA) is 84.5 Å². The molecule has 4 aliphatic carbocycles. The molecule has 0 radical (unpaired) electrons. The summed E-state index contributed by atoms with van der Waals surface area (Å²) in [6, 6.07) is 7.24. The third kappa shape index (κ3) is 4.06. The zero-order valence-corrected chi connectivity index (χ0v) is 18.4. The highest BCUT2D eigenvalue weighted by Crippen LogP contribution is 2.62. The van der Waals surface area contributed by atoms with Gasteiger partial charge in [0.1, 0.15) is 0 Å². The molecule has 156 valence electrons. The molecule has 4 fully saturated rings. The smallest absolute Gasteiger partial charge is 0.312 e. The monoisotopic (exact) mass is 462 g/mol. The van der Waals surface area contributed by atoms with Gasteiger partial charge in [-0.2, -0.15) is 0 Å². The van der Waals surface area contributed by atoms with Gasteiger partial charge in [-0.05, 0) is 81.5 Å². The van der Waals surface area contributed by atoms with Gasteiger partial charge in [0.25, 0.3) is 5.91 Å². The molecule has 4 saturated carbocycles. The number of esters is 1. The van der Waals surface area contributed by atoms with Crippen molar-refractivity contribution < 1.29 is 19.1 Å². The van der Waals surface area contributed by atoms with E-state index in [4.69, 9.17) is 4.74 Å². The number of halogens is 1. The summed E-state index contributed by atoms with van der Waals surface area (Å²) in [5.74, 6) is 0.185. The number of rotatable bonds is 5. The molecule has 4 bridgehead atoms. The Morgan fingerprint density at radius 2 is 1.72 bits per heavy atom. The van der Waals surface area contributed by atoms with Crippen LogP contribution < -0.4 is 10.6 Å². The van der Waals surface area contributed by atoms with E-state index in [1.807, 2.05) is 12.1 Å². The third-order valence-electron chi connectivity index (χ3n) is 6.70. The van der Waals surface area contributed by atoms with E-state index >= 15 is 0 Å². The summed E-state index contributed by atoms with van der Waals surface area (Å²) < 4.78 is 6.59. The van der Waals surface area contributed by atoms with Crippen LogP contribution in [0, 0.1) is 17.3 Å². The fourth-order valence-corrected chi connectivity index (χ4v) is 6.40. The molecule has 1 aromatic carbocycles. The van der Waals surface area contributed by atoms with Crippen LogP contribution in [0.15, 0.2) is 28.7 Å². The minimum Gasteiger partial charge on any atom is -0.452 e. The highest BCUT2D eigenvalue weighted by molar-refractivity contribution is 9.10. The number of nitrogens with one attached hydrogen (secondary N) is 2. The number of hydrogen-bond acceptors (Lipinski definition) is 4. The Morgan fingerprint density at radius 1 is 1.10 bits per heavy atom. The second-order valence-electron chi connectivity index (χ2n) is 9.25. The van der Waals surface area contributed by atoms with Crippen molar-refractivity contribution >= 4 is 39.4 Å². The molecule has 6 nitrogen and oxygen atoms in total. The van der Waals surface area contributed by atoms with E-state index in [0.717, 1.165) is 36.6 Å². The summed E-state index contributed by atoms with van der Waals surface area (Å²) in [6.45, 7) is 3.15. The van der Waals surface area contributed by atoms with Crippen LogP contribution in [0.2, 0.25) is 0 Å². The first-order chi connectivity index (χ1) is 13.7. The minimum atomic E-state index is -0.879. The highest BCUT2D eigenvalue weighted by Gasteiger charge is 2.61. The second-order valence-corrected chi connectivity index (χ2v) is 10.2. The summed E-state index contributed by atoms with van der Waals surface area (Å²) in [6.07, 6.45) is 4.34. The molecule has 29 heavy (non-hydrogen) atoms. The molecule has 3 unspecified atom stereocenters. The first-order valence-electron chi connectivity index (χ1n) is 10.2. The zero-order chi connectivity index (χ0) is 20.8. The Bertz CT molecular complexity index is 824. The normalized spacial score (nSPS) is 33.1. The largest absolute Gasteiger partial charge is 0.452 e. The Morgan fingerprint density at radius 3 is 2.31 bits per heavy atom. The average Bonchev–Trinajstić information content (AvgIpc) is 2.61. The second kappa shape index (κ2) is 7.42. The molecule has 5 rings (SSSR count). The van der Waals surface area contributed by atoms with Crippen molar-refractivity contribution in [3.63, 3.8) is 0 Å². The molecule has 2 amide bonds. The lowest BCUT2D eigenvalue weighted by molar-refractivity contribution is -0.181. The van der Waals surface area contributed by atoms with Crippen LogP contribution in [0.4, 0.5) is 5.69 Å². The molecule has 0 spiro atoms. The third-order valence-corrected chi connectivity index (χ3v) is 7.23. The SMILES string of the molecule is CC(=O)NC12CC3CC(C1)CC(C(=O)OC(C)C(=O)Nc1ccc(Br)cc1)(C3)C2. The van der Waals surface area contributed by atoms with Crippen LogP contribution in [0.1, 0.15) is 52.4 Å². The van der Waals surface area contributed by atoms with Crippen LogP contribution in [0.5, 0.6) is 0 Å². The van der Waals surface area contributed by atoms with E-state index in [1.165, 1.54) is 6.92 Å². The maximum Gasteiger partial charge on any atom is 0.312 e. The summed E-state index contributed by atoms with van der Waals surface area (Å²) >= 11 is 3.36. The van der Waals surface area contributed by atoms with Crippen LogP contribution in [0.3, 0.4) is 0 Å². The number of benzene rings is 1. The minimum absolute atomic E-state index is 0.0438. The van der Waals surface area contributed by atoms with Crippen LogP contribution in [0.25, 0.3) is 0 Å². The van der Waals surface area contributed by atoms with Crippen molar-refractivity contribution in [2.75, 3.05) is 5.32 Å². The molecule has 7 heteroatoms. The van der Waals surface area contributed by atoms with Crippen LogP contribution >= 0.6 is 15.9 Å². The number of carbonyl (C=O) groups excluding carboxylic acids is 3. The van der Waals surface area contributed by atoms with Gasteiger partial charge in [0.05, 0.1) is 5.41 Å². The number of amides is 2.